The molecule has 146 valence electrons. The normalized spacial score (nSPS) is 16.9. The number of aliphatic hydroxyl groups is 1. The molecule has 3 heterocycles. The van der Waals surface area contributed by atoms with Crippen molar-refractivity contribution in [3.05, 3.63) is 48.6 Å². The van der Waals surface area contributed by atoms with Crippen molar-refractivity contribution in [2.45, 2.75) is 25.4 Å². The lowest BCUT2D eigenvalue weighted by Crippen LogP contribution is -2.42. The van der Waals surface area contributed by atoms with E-state index in [-0.39, 0.29) is 18.6 Å². The topological polar surface area (TPSA) is 114 Å². The van der Waals surface area contributed by atoms with E-state index in [0.717, 1.165) is 24.4 Å². The molecule has 0 bridgehead atoms. The molecule has 1 fully saturated rings. The molecule has 0 saturated carbocycles. The van der Waals surface area contributed by atoms with Crippen LogP contribution in [-0.2, 0) is 13.7 Å². The van der Waals surface area contributed by atoms with E-state index in [1.807, 2.05) is 35.9 Å². The van der Waals surface area contributed by atoms with Gasteiger partial charge in [0.25, 0.3) is 0 Å². The predicted octanol–water partition coefficient (Wildman–Crippen LogP) is 1.30. The Morgan fingerprint density at radius 2 is 2.25 bits per heavy atom. The minimum absolute atomic E-state index is 0.0961. The molecule has 1 saturated heterocycles. The van der Waals surface area contributed by atoms with Crippen LogP contribution >= 0.6 is 0 Å². The van der Waals surface area contributed by atoms with Gasteiger partial charge in [-0.2, -0.15) is 5.10 Å². The number of piperidine rings is 1. The van der Waals surface area contributed by atoms with Crippen molar-refractivity contribution in [1.29, 1.82) is 0 Å². The molecule has 4 rings (SSSR count). The molecule has 10 heteroatoms. The molecule has 3 aromatic rings. The Morgan fingerprint density at radius 3 is 3.00 bits per heavy atom. The Kier molecular flexibility index (Phi) is 5.02. The summed E-state index contributed by atoms with van der Waals surface area (Å²) in [6.45, 7) is 1.10. The van der Waals surface area contributed by atoms with Crippen molar-refractivity contribution in [2.75, 3.05) is 18.4 Å². The maximum Gasteiger partial charge on any atom is 0.321 e. The van der Waals surface area contributed by atoms with Crippen molar-refractivity contribution in [2.24, 2.45) is 7.05 Å². The highest BCUT2D eigenvalue weighted by Crippen LogP contribution is 2.26. The number of aromatic nitrogens is 6. The first-order chi connectivity index (χ1) is 13.7. The second-order valence-electron chi connectivity index (χ2n) is 6.80. The number of likely N-dealkylation sites (tertiary alicyclic amines) is 1. The number of benzene rings is 1. The Hall–Kier alpha value is -3.27. The minimum atomic E-state index is -0.150. The van der Waals surface area contributed by atoms with E-state index < -0.39 is 0 Å². The van der Waals surface area contributed by atoms with Crippen LogP contribution in [0, 0.1) is 0 Å². The highest BCUT2D eigenvalue weighted by molar-refractivity contribution is 5.89. The quantitative estimate of drug-likeness (QED) is 0.703. The number of amides is 2. The first-order valence-corrected chi connectivity index (χ1v) is 9.15. The molecule has 0 aliphatic carbocycles. The van der Waals surface area contributed by atoms with Gasteiger partial charge in [-0.1, -0.05) is 6.07 Å². The van der Waals surface area contributed by atoms with Crippen LogP contribution in [0.15, 0.2) is 36.9 Å². The first kappa shape index (κ1) is 18.1. The van der Waals surface area contributed by atoms with E-state index in [0.29, 0.717) is 24.6 Å². The van der Waals surface area contributed by atoms with Gasteiger partial charge in [-0.3, -0.25) is 0 Å². The molecule has 0 unspecified atom stereocenters. The molecule has 1 aliphatic heterocycles. The fourth-order valence-corrected chi connectivity index (χ4v) is 3.51. The summed E-state index contributed by atoms with van der Waals surface area (Å²) >= 11 is 0. The molecule has 2 amide bonds. The zero-order chi connectivity index (χ0) is 19.5. The van der Waals surface area contributed by atoms with Gasteiger partial charge in [-0.05, 0) is 31.0 Å². The highest BCUT2D eigenvalue weighted by atomic mass is 16.3. The van der Waals surface area contributed by atoms with Crippen LogP contribution in [0.2, 0.25) is 0 Å². The molecule has 2 aromatic heterocycles. The van der Waals surface area contributed by atoms with Crippen molar-refractivity contribution in [3.63, 3.8) is 0 Å². The summed E-state index contributed by atoms with van der Waals surface area (Å²) in [6.07, 6.45) is 4.90. The molecule has 28 heavy (non-hydrogen) atoms. The molecule has 0 radical (unpaired) electrons. The monoisotopic (exact) mass is 382 g/mol. The lowest BCUT2D eigenvalue weighted by atomic mass is 9.97. The summed E-state index contributed by atoms with van der Waals surface area (Å²) < 4.78 is 3.45. The molecule has 0 spiro atoms. The lowest BCUT2D eigenvalue weighted by molar-refractivity contribution is 0.190. The van der Waals surface area contributed by atoms with E-state index in [4.69, 9.17) is 0 Å². The van der Waals surface area contributed by atoms with Gasteiger partial charge in [0.2, 0.25) is 0 Å². The van der Waals surface area contributed by atoms with Gasteiger partial charge in [0.05, 0.1) is 5.69 Å². The number of nitrogens with one attached hydrogen (secondary N) is 1. The zero-order valence-electron chi connectivity index (χ0n) is 15.6. The fraction of sp³-hybridized carbons (Fsp3) is 0.389. The standard InChI is InChI=1S/C18H22N8O2/c1-24-16(10-27)22-23-17(24)13-4-3-7-25(9-13)18(28)21-14-5-2-6-15(8-14)26-12-19-11-20-26/h2,5-6,8,11-13,27H,3-4,7,9-10H2,1H3,(H,21,28)/t13-/m1/s1. The predicted molar refractivity (Wildman–Crippen MR) is 101 cm³/mol. The third-order valence-corrected chi connectivity index (χ3v) is 4.99. The van der Waals surface area contributed by atoms with Crippen LogP contribution in [0.25, 0.3) is 5.69 Å². The van der Waals surface area contributed by atoms with Gasteiger partial charge in [-0.15, -0.1) is 10.2 Å². The second-order valence-corrected chi connectivity index (χ2v) is 6.80. The van der Waals surface area contributed by atoms with Crippen molar-refractivity contribution >= 4 is 11.7 Å². The van der Waals surface area contributed by atoms with E-state index in [1.54, 1.807) is 15.9 Å². The molecule has 1 aromatic carbocycles. The number of hydrogen-bond donors (Lipinski definition) is 2. The number of carbonyl (C=O) groups excluding carboxylic acids is 1. The summed E-state index contributed by atoms with van der Waals surface area (Å²) in [5, 5.41) is 24.6. The van der Waals surface area contributed by atoms with Crippen LogP contribution in [-0.4, -0.2) is 58.7 Å². The average molecular weight is 382 g/mol. The van der Waals surface area contributed by atoms with Crippen LogP contribution < -0.4 is 5.32 Å². The number of carbonyl (C=O) groups is 1. The number of aliphatic hydroxyl groups excluding tert-OH is 1. The summed E-state index contributed by atoms with van der Waals surface area (Å²) in [5.41, 5.74) is 1.52. The van der Waals surface area contributed by atoms with Gasteiger partial charge in [0, 0.05) is 31.7 Å². The van der Waals surface area contributed by atoms with Crippen LogP contribution in [0.3, 0.4) is 0 Å². The Morgan fingerprint density at radius 1 is 1.36 bits per heavy atom. The number of anilines is 1. The van der Waals surface area contributed by atoms with E-state index in [9.17, 15) is 9.90 Å². The van der Waals surface area contributed by atoms with Crippen LogP contribution in [0.1, 0.15) is 30.4 Å². The summed E-state index contributed by atoms with van der Waals surface area (Å²) in [5.74, 6) is 1.43. The van der Waals surface area contributed by atoms with Gasteiger partial charge in [0.1, 0.15) is 25.1 Å². The van der Waals surface area contributed by atoms with Gasteiger partial charge >= 0.3 is 6.03 Å². The van der Waals surface area contributed by atoms with Crippen LogP contribution in [0.5, 0.6) is 0 Å². The first-order valence-electron chi connectivity index (χ1n) is 9.15. The summed E-state index contributed by atoms with van der Waals surface area (Å²) in [4.78, 5) is 18.5. The number of hydrogen-bond acceptors (Lipinski definition) is 6. The largest absolute Gasteiger partial charge is 0.388 e. The van der Waals surface area contributed by atoms with Crippen molar-refractivity contribution in [3.8, 4) is 5.69 Å². The highest BCUT2D eigenvalue weighted by Gasteiger charge is 2.28. The van der Waals surface area contributed by atoms with Gasteiger partial charge in [0.15, 0.2) is 5.82 Å². The van der Waals surface area contributed by atoms with E-state index in [1.165, 1.54) is 6.33 Å². The Bertz CT molecular complexity index is 952. The lowest BCUT2D eigenvalue weighted by Gasteiger charge is -2.32. The maximum atomic E-state index is 12.8. The molecule has 1 atom stereocenters. The van der Waals surface area contributed by atoms with Gasteiger partial charge < -0.3 is 19.9 Å². The number of nitrogens with zero attached hydrogens (tertiary/aromatic N) is 7. The smallest absolute Gasteiger partial charge is 0.321 e. The number of rotatable bonds is 4. The second kappa shape index (κ2) is 7.77. The molecule has 2 N–H and O–H groups in total. The molecule has 1 aliphatic rings. The Labute approximate surface area is 161 Å². The zero-order valence-corrected chi connectivity index (χ0v) is 15.6. The minimum Gasteiger partial charge on any atom is -0.388 e. The van der Waals surface area contributed by atoms with Gasteiger partial charge in [-0.25, -0.2) is 14.5 Å². The molecule has 10 nitrogen and oxygen atoms in total. The molecular formula is C18H22N8O2. The van der Waals surface area contributed by atoms with E-state index >= 15 is 0 Å². The SMILES string of the molecule is Cn1c(CO)nnc1[C@@H]1CCCN(C(=O)Nc2cccc(-n3cncn3)c2)C1. The Balaban J connectivity index is 1.45. The van der Waals surface area contributed by atoms with E-state index in [2.05, 4.69) is 25.6 Å². The summed E-state index contributed by atoms with van der Waals surface area (Å²) in [7, 11) is 1.84. The van der Waals surface area contributed by atoms with Crippen LogP contribution in [0.4, 0.5) is 10.5 Å². The number of urea groups is 1. The van der Waals surface area contributed by atoms with Crippen molar-refractivity contribution < 1.29 is 9.90 Å². The van der Waals surface area contributed by atoms with Crippen molar-refractivity contribution in [1.82, 2.24) is 34.4 Å². The fourth-order valence-electron chi connectivity index (χ4n) is 3.51. The summed E-state index contributed by atoms with van der Waals surface area (Å²) in [6, 6.07) is 7.31. The average Bonchev–Trinajstić information content (AvgIpc) is 3.38. The third kappa shape index (κ3) is 3.58. The maximum absolute atomic E-state index is 12.8. The molecular weight excluding hydrogens is 360 g/mol. The third-order valence-electron chi connectivity index (χ3n) is 4.99.